The first-order valence-corrected chi connectivity index (χ1v) is 25.0. The Hall–Kier alpha value is -3.61. The van der Waals surface area contributed by atoms with Crippen molar-refractivity contribution in [1.82, 2.24) is 0 Å². The Morgan fingerprint density at radius 2 is 1.03 bits per heavy atom. The predicted molar refractivity (Wildman–Crippen MR) is 270 cm³/mol. The van der Waals surface area contributed by atoms with Gasteiger partial charge < -0.3 is 49.7 Å². The first kappa shape index (κ1) is 61.4. The number of hydrogen-bond acceptors (Lipinski definition) is 15. The molecule has 1 saturated carbocycles. The molecule has 0 radical (unpaired) electrons. The van der Waals surface area contributed by atoms with Gasteiger partial charge in [-0.05, 0) is 96.1 Å². The molecule has 0 aromatic carbocycles. The van der Waals surface area contributed by atoms with Gasteiger partial charge in [0.15, 0.2) is 0 Å². The summed E-state index contributed by atoms with van der Waals surface area (Å²) in [5, 5.41) is 52.2. The van der Waals surface area contributed by atoms with Gasteiger partial charge in [0.05, 0.1) is 13.2 Å². The van der Waals surface area contributed by atoms with Gasteiger partial charge in [0, 0.05) is 43.1 Å². The van der Waals surface area contributed by atoms with Crippen LogP contribution >= 0.6 is 27.4 Å². The maximum absolute atomic E-state index is 12.5. The summed E-state index contributed by atoms with van der Waals surface area (Å²) in [6, 6.07) is 0. The number of ether oxygens (including phenoxy) is 2. The van der Waals surface area contributed by atoms with E-state index in [0.29, 0.717) is 12.8 Å². The highest BCUT2D eigenvalue weighted by molar-refractivity contribution is 8.17. The smallest absolute Gasteiger partial charge is 0.457 e. The number of phosphoric ester groups is 2. The number of rotatable bonds is 27. The highest BCUT2D eigenvalue weighted by atomic mass is 32.2. The van der Waals surface area contributed by atoms with E-state index in [0.717, 1.165) is 43.9 Å². The van der Waals surface area contributed by atoms with Gasteiger partial charge in [-0.1, -0.05) is 96.8 Å². The molecule has 8 N–H and O–H groups in total. The highest BCUT2D eigenvalue weighted by Gasteiger charge is 2.54. The van der Waals surface area contributed by atoms with Crippen molar-refractivity contribution in [3.05, 3.63) is 0 Å². The van der Waals surface area contributed by atoms with Crippen LogP contribution in [0.15, 0.2) is 0 Å². The van der Waals surface area contributed by atoms with Crippen LogP contribution in [-0.2, 0) is 41.8 Å². The molecule has 0 bridgehead atoms. The number of aliphatic hydroxyl groups excluding tert-OH is 5. The minimum absolute atomic E-state index is 0. The molecule has 1 fully saturated rings. The molecule has 1 aliphatic rings. The Labute approximate surface area is 407 Å². The lowest BCUT2D eigenvalue weighted by molar-refractivity contribution is -0.216. The summed E-state index contributed by atoms with van der Waals surface area (Å²) < 4.78 is 47.3. The van der Waals surface area contributed by atoms with E-state index in [-0.39, 0.29) is 30.1 Å². The molecule has 0 spiro atoms. The minimum Gasteiger partial charge on any atom is -0.457 e. The van der Waals surface area contributed by atoms with Crippen molar-refractivity contribution in [3.63, 3.8) is 0 Å². The van der Waals surface area contributed by atoms with Gasteiger partial charge in [0.2, 0.25) is 5.12 Å². The quantitative estimate of drug-likeness (QED) is 0.0135. The van der Waals surface area contributed by atoms with Gasteiger partial charge in [-0.25, -0.2) is 9.13 Å². The van der Waals surface area contributed by atoms with Gasteiger partial charge in [0.25, 0.3) is 0 Å². The molecule has 0 aromatic heterocycles. The maximum Gasteiger partial charge on any atom is 0.472 e. The topological polar surface area (TPSA) is 276 Å². The van der Waals surface area contributed by atoms with Crippen LogP contribution in [0.2, 0.25) is 0 Å². The van der Waals surface area contributed by atoms with Crippen molar-refractivity contribution in [2.75, 3.05) is 20.0 Å². The van der Waals surface area contributed by atoms with Crippen LogP contribution in [-0.4, -0.2) is 114 Å². The standard InChI is InChI=1S/C26H52O16P2.C19H10OS.13H2/c1-2-3-4-5-6-7-8-9-10-11-12-13-14-15-20(28)40-19(16-38-18-27)17-39-44(36,37)42-26-23(31)21(29)25(22(30)24(26)32)41-43(33,34)35;1-3-5-6-7-8-9-10-11-12-13-14-15-16-18-21-19(20)17-4-2;;;;;;;;;;;;;/h19,21-27,29-32H,2-18H2,1H3,(H,36,37)(H2,33,34,35);4,17H2,1-2H3;13*1H/t19-,21+,22?,23?,24+,25?,26?;;;;;;;;;;;;;;/m1............../s1. The van der Waals surface area contributed by atoms with Crippen molar-refractivity contribution >= 4 is 38.5 Å². The Morgan fingerprint density at radius 1 is 0.600 bits per heavy atom. The molecule has 0 amide bonds. The number of carbonyl (C=O) groups is 2. The molecule has 17 nitrogen and oxygen atoms in total. The maximum atomic E-state index is 12.5. The molecule has 65 heavy (non-hydrogen) atoms. The van der Waals surface area contributed by atoms with Crippen LogP contribution in [0.5, 0.6) is 0 Å². The van der Waals surface area contributed by atoms with Crippen molar-refractivity contribution in [1.29, 1.82) is 0 Å². The first-order chi connectivity index (χ1) is 31.0. The fourth-order valence-corrected chi connectivity index (χ4v) is 7.58. The van der Waals surface area contributed by atoms with E-state index >= 15 is 0 Å². The average Bonchev–Trinajstić information content (AvgIpc) is 3.26. The Morgan fingerprint density at radius 3 is 1.46 bits per heavy atom. The molecule has 0 aromatic rings. The second-order valence-electron chi connectivity index (χ2n) is 14.0. The van der Waals surface area contributed by atoms with E-state index in [2.05, 4.69) is 93.7 Å². The Bertz CT molecular complexity index is 2000. The number of thioether (sulfide) groups is 1. The number of carbonyl (C=O) groups excluding carboxylic acids is 2. The molecule has 8 atom stereocenters. The molecule has 0 aliphatic heterocycles. The summed E-state index contributed by atoms with van der Waals surface area (Å²) in [7, 11) is -10.4. The average molecular weight is 995 g/mol. The Kier molecular flexibility index (Phi) is 36.4. The minimum atomic E-state index is -5.27. The molecule has 5 unspecified atom stereocenters. The molecule has 1 aliphatic carbocycles. The summed E-state index contributed by atoms with van der Waals surface area (Å²) in [5.74, 6) is 32.2. The molecule has 20 heteroatoms. The third kappa shape index (κ3) is 33.5. The highest BCUT2D eigenvalue weighted by Crippen LogP contribution is 2.48. The monoisotopic (exact) mass is 995 g/mol. The lowest BCUT2D eigenvalue weighted by Gasteiger charge is -2.43. The van der Waals surface area contributed by atoms with Gasteiger partial charge in [-0.15, -0.1) is 0 Å². The molecular weight excluding hydrogens is 906 g/mol. The summed E-state index contributed by atoms with van der Waals surface area (Å²) >= 11 is 0.965. The largest absolute Gasteiger partial charge is 0.472 e. The third-order valence-corrected chi connectivity index (χ3v) is 10.8. The summed E-state index contributed by atoms with van der Waals surface area (Å²) in [5.41, 5.74) is 0. The first-order valence-electron chi connectivity index (χ1n) is 21.1. The number of aliphatic hydroxyl groups is 5. The number of hydrogen-bond donors (Lipinski definition) is 8. The molecular formula is C45H88O17P2S. The van der Waals surface area contributed by atoms with E-state index in [4.69, 9.17) is 33.4 Å². The number of unbranched alkanes of at least 4 members (excludes halogenated alkanes) is 12. The predicted octanol–water partition coefficient (Wildman–Crippen LogP) is 7.03. The molecule has 386 valence electrons. The lowest BCUT2D eigenvalue weighted by Crippen LogP contribution is -2.64. The van der Waals surface area contributed by atoms with Gasteiger partial charge >= 0.3 is 21.6 Å². The lowest BCUT2D eigenvalue weighted by atomic mass is 9.85. The van der Waals surface area contributed by atoms with Crippen LogP contribution in [0.3, 0.4) is 0 Å². The third-order valence-electron chi connectivity index (χ3n) is 8.64. The van der Waals surface area contributed by atoms with Gasteiger partial charge in [-0.3, -0.25) is 23.2 Å². The Balaban J connectivity index is -0.0000000877. The van der Waals surface area contributed by atoms with Gasteiger partial charge in [-0.2, -0.15) is 0 Å². The molecule has 0 heterocycles. The molecule has 1 rings (SSSR count). The van der Waals surface area contributed by atoms with Gasteiger partial charge in [0.1, 0.15) is 49.5 Å². The number of phosphoric acid groups is 2. The van der Waals surface area contributed by atoms with Crippen LogP contribution in [0, 0.1) is 82.2 Å². The van der Waals surface area contributed by atoms with Crippen molar-refractivity contribution < 1.29 is 101 Å². The van der Waals surface area contributed by atoms with E-state index in [9.17, 15) is 44.0 Å². The van der Waals surface area contributed by atoms with E-state index in [1.807, 2.05) is 6.92 Å². The SMILES string of the molecule is CC#CC#CC#CC#CC#CC#CC#CSC(=O)CCC.CCCCCCCCCCCCCCCC(=O)O[C@H](COCO)COP(=O)(O)OC1C(O)[C@H](O)C(OP(=O)(O)O)C(O)[C@@H]1O.[HH].[HH].[HH].[HH].[HH].[HH].[HH].[HH].[HH].[HH].[HH].[HH].[HH]. The van der Waals surface area contributed by atoms with Crippen LogP contribution in [0.25, 0.3) is 0 Å². The summed E-state index contributed by atoms with van der Waals surface area (Å²) in [6.45, 7) is 3.93. The summed E-state index contributed by atoms with van der Waals surface area (Å²) in [6.07, 6.45) is 1.65. The van der Waals surface area contributed by atoms with Crippen molar-refractivity contribution in [3.8, 4) is 82.2 Å². The second-order valence-corrected chi connectivity index (χ2v) is 17.5. The fraction of sp³-hybridized carbons (Fsp3) is 0.644. The van der Waals surface area contributed by atoms with E-state index < -0.39 is 84.3 Å². The normalized spacial score (nSPS) is 19.6. The zero-order valence-corrected chi connectivity index (χ0v) is 39.6. The fourth-order valence-electron chi connectivity index (χ4n) is 5.52. The van der Waals surface area contributed by atoms with Crippen LogP contribution < -0.4 is 0 Å². The molecule has 0 saturated heterocycles. The van der Waals surface area contributed by atoms with Crippen molar-refractivity contribution in [2.24, 2.45) is 0 Å². The zero-order valence-electron chi connectivity index (χ0n) is 37.0. The van der Waals surface area contributed by atoms with Crippen LogP contribution in [0.1, 0.15) is 142 Å². The van der Waals surface area contributed by atoms with Crippen LogP contribution in [0.4, 0.5) is 0 Å². The summed E-state index contributed by atoms with van der Waals surface area (Å²) in [4.78, 5) is 51.4. The zero-order chi connectivity index (χ0) is 48.8. The van der Waals surface area contributed by atoms with E-state index in [1.165, 1.54) is 51.4 Å². The second kappa shape index (κ2) is 38.5. The van der Waals surface area contributed by atoms with Crippen molar-refractivity contribution in [2.45, 2.75) is 166 Å². The van der Waals surface area contributed by atoms with E-state index in [1.54, 1.807) is 6.92 Å². The number of esters is 1.